The van der Waals surface area contributed by atoms with E-state index in [0.29, 0.717) is 12.6 Å². The van der Waals surface area contributed by atoms with Crippen LogP contribution in [0.3, 0.4) is 0 Å². The smallest absolute Gasteiger partial charge is 0.417 e. The number of alkyl halides is 3. The normalized spacial score (nSPS) is 17.1. The van der Waals surface area contributed by atoms with Gasteiger partial charge in [-0.2, -0.15) is 13.2 Å². The minimum absolute atomic E-state index is 0.130. The van der Waals surface area contributed by atoms with Gasteiger partial charge in [0.05, 0.1) is 5.02 Å². The van der Waals surface area contributed by atoms with Gasteiger partial charge in [0.1, 0.15) is 12.4 Å². The molecule has 20 heavy (non-hydrogen) atoms. The number of hydrogen-bond donors (Lipinski definition) is 2. The monoisotopic (exact) mass is 309 g/mol. The maximum atomic E-state index is 12.1. The van der Waals surface area contributed by atoms with Crippen LogP contribution in [-0.2, 0) is 6.54 Å². The van der Waals surface area contributed by atoms with E-state index in [9.17, 15) is 13.2 Å². The van der Waals surface area contributed by atoms with E-state index < -0.39 is 18.9 Å². The van der Waals surface area contributed by atoms with Crippen molar-refractivity contribution < 1.29 is 23.0 Å². The van der Waals surface area contributed by atoms with Gasteiger partial charge in [-0.25, -0.2) is 0 Å². The van der Waals surface area contributed by atoms with Crippen molar-refractivity contribution in [2.75, 3.05) is 6.61 Å². The molecule has 1 unspecified atom stereocenters. The van der Waals surface area contributed by atoms with E-state index in [1.165, 1.54) is 18.9 Å². The van der Waals surface area contributed by atoms with E-state index in [0.717, 1.165) is 5.56 Å². The Hall–Kier alpha value is -0.980. The van der Waals surface area contributed by atoms with E-state index in [2.05, 4.69) is 5.32 Å². The summed E-state index contributed by atoms with van der Waals surface area (Å²) in [6.07, 6.45) is -4.87. The van der Waals surface area contributed by atoms with E-state index in [-0.39, 0.29) is 10.8 Å². The van der Waals surface area contributed by atoms with Gasteiger partial charge < -0.3 is 15.2 Å². The van der Waals surface area contributed by atoms with Crippen molar-refractivity contribution in [3.05, 3.63) is 28.8 Å². The summed E-state index contributed by atoms with van der Waals surface area (Å²) >= 11 is 5.94. The third-order valence-corrected chi connectivity index (χ3v) is 3.24. The zero-order chi connectivity index (χ0) is 14.8. The lowest BCUT2D eigenvalue weighted by molar-refractivity contribution is -0.210. The molecule has 0 saturated heterocycles. The number of hydrogen-bond acceptors (Lipinski definition) is 3. The minimum atomic E-state index is -4.69. The van der Waals surface area contributed by atoms with E-state index in [1.807, 2.05) is 0 Å². The highest BCUT2D eigenvalue weighted by Crippen LogP contribution is 2.28. The molecule has 2 N–H and O–H groups in total. The van der Waals surface area contributed by atoms with Gasteiger partial charge in [0.15, 0.2) is 6.10 Å². The zero-order valence-corrected chi connectivity index (χ0v) is 11.3. The van der Waals surface area contributed by atoms with Crippen molar-refractivity contribution in [3.8, 4) is 5.75 Å². The SMILES string of the molecule is OC(COc1ccc(CNC2CC2)cc1Cl)C(F)(F)F. The second kappa shape index (κ2) is 6.20. The number of halogens is 4. The lowest BCUT2D eigenvalue weighted by atomic mass is 10.2. The summed E-state index contributed by atoms with van der Waals surface area (Å²) in [4.78, 5) is 0. The fraction of sp³-hybridized carbons (Fsp3) is 0.538. The number of benzene rings is 1. The Morgan fingerprint density at radius 3 is 2.65 bits per heavy atom. The van der Waals surface area contributed by atoms with Crippen LogP contribution >= 0.6 is 11.6 Å². The predicted octanol–water partition coefficient (Wildman–Crippen LogP) is 2.89. The van der Waals surface area contributed by atoms with Crippen LogP contribution < -0.4 is 10.1 Å². The summed E-state index contributed by atoms with van der Waals surface area (Å²) < 4.78 is 41.3. The molecule has 112 valence electrons. The summed E-state index contributed by atoms with van der Waals surface area (Å²) in [6.45, 7) is -0.210. The molecule has 0 amide bonds. The van der Waals surface area contributed by atoms with Crippen molar-refractivity contribution in [2.45, 2.75) is 37.7 Å². The Balaban J connectivity index is 1.88. The Labute approximate surface area is 119 Å². The molecule has 0 spiro atoms. The van der Waals surface area contributed by atoms with Crippen molar-refractivity contribution in [1.82, 2.24) is 5.32 Å². The van der Waals surface area contributed by atoms with Crippen molar-refractivity contribution in [3.63, 3.8) is 0 Å². The van der Waals surface area contributed by atoms with Crippen LogP contribution in [0.5, 0.6) is 5.75 Å². The molecule has 0 aromatic heterocycles. The Bertz CT molecular complexity index is 463. The molecule has 1 saturated carbocycles. The predicted molar refractivity (Wildman–Crippen MR) is 68.9 cm³/mol. The standard InChI is InChI=1S/C13H15ClF3NO2/c14-10-5-8(6-18-9-2-3-9)1-4-11(10)20-7-12(19)13(15,16)17/h1,4-5,9,12,18-19H,2-3,6-7H2. The molecule has 0 radical (unpaired) electrons. The molecule has 7 heteroatoms. The van der Waals surface area contributed by atoms with Gasteiger partial charge >= 0.3 is 6.18 Å². The van der Waals surface area contributed by atoms with E-state index >= 15 is 0 Å². The van der Waals surface area contributed by atoms with E-state index in [1.54, 1.807) is 12.1 Å². The minimum Gasteiger partial charge on any atom is -0.489 e. The molecule has 0 aliphatic heterocycles. The molecule has 3 nitrogen and oxygen atoms in total. The van der Waals surface area contributed by atoms with Crippen molar-refractivity contribution in [2.24, 2.45) is 0 Å². The van der Waals surface area contributed by atoms with Gasteiger partial charge in [0.2, 0.25) is 0 Å². The number of nitrogens with one attached hydrogen (secondary N) is 1. The number of ether oxygens (including phenoxy) is 1. The molecule has 1 aromatic rings. The summed E-state index contributed by atoms with van der Waals surface area (Å²) in [7, 11) is 0. The number of rotatable bonds is 6. The number of aliphatic hydroxyl groups is 1. The quantitative estimate of drug-likeness (QED) is 0.849. The van der Waals surface area contributed by atoms with Gasteiger partial charge in [-0.1, -0.05) is 17.7 Å². The zero-order valence-electron chi connectivity index (χ0n) is 10.6. The van der Waals surface area contributed by atoms with Crippen LogP contribution in [0.15, 0.2) is 18.2 Å². The van der Waals surface area contributed by atoms with Crippen molar-refractivity contribution in [1.29, 1.82) is 0 Å². The largest absolute Gasteiger partial charge is 0.489 e. The summed E-state index contributed by atoms with van der Waals surface area (Å²) in [5.74, 6) is 0.130. The Kier molecular flexibility index (Phi) is 4.78. The summed E-state index contributed by atoms with van der Waals surface area (Å²) in [5.41, 5.74) is 0.936. The highest BCUT2D eigenvalue weighted by Gasteiger charge is 2.38. The van der Waals surface area contributed by atoms with Crippen LogP contribution in [0.25, 0.3) is 0 Å². The Morgan fingerprint density at radius 2 is 2.10 bits per heavy atom. The van der Waals surface area contributed by atoms with Crippen LogP contribution in [-0.4, -0.2) is 30.0 Å². The molecule has 2 rings (SSSR count). The number of aliphatic hydroxyl groups excluding tert-OH is 1. The lowest BCUT2D eigenvalue weighted by Crippen LogP contribution is -2.34. The molecular weight excluding hydrogens is 295 g/mol. The highest BCUT2D eigenvalue weighted by molar-refractivity contribution is 6.32. The van der Waals surface area contributed by atoms with Gasteiger partial charge in [-0.05, 0) is 30.5 Å². The van der Waals surface area contributed by atoms with Gasteiger partial charge in [0, 0.05) is 12.6 Å². The Morgan fingerprint density at radius 1 is 1.40 bits per heavy atom. The fourth-order valence-corrected chi connectivity index (χ4v) is 1.84. The molecule has 0 bridgehead atoms. The highest BCUT2D eigenvalue weighted by atomic mass is 35.5. The molecule has 1 aliphatic carbocycles. The molecule has 1 atom stereocenters. The lowest BCUT2D eigenvalue weighted by Gasteiger charge is -2.16. The third-order valence-electron chi connectivity index (χ3n) is 2.94. The third kappa shape index (κ3) is 4.54. The average molecular weight is 310 g/mol. The molecule has 1 aromatic carbocycles. The molecule has 0 heterocycles. The first-order chi connectivity index (χ1) is 9.36. The first-order valence-electron chi connectivity index (χ1n) is 6.25. The fourth-order valence-electron chi connectivity index (χ4n) is 1.58. The van der Waals surface area contributed by atoms with E-state index in [4.69, 9.17) is 21.4 Å². The van der Waals surface area contributed by atoms with Crippen LogP contribution in [0.2, 0.25) is 5.02 Å². The topological polar surface area (TPSA) is 41.5 Å². The summed E-state index contributed by atoms with van der Waals surface area (Å²) in [5, 5.41) is 12.4. The van der Waals surface area contributed by atoms with Gasteiger partial charge in [-0.15, -0.1) is 0 Å². The van der Waals surface area contributed by atoms with Crippen LogP contribution in [0.1, 0.15) is 18.4 Å². The molecule has 1 fully saturated rings. The van der Waals surface area contributed by atoms with Crippen molar-refractivity contribution >= 4 is 11.6 Å². The van der Waals surface area contributed by atoms with Gasteiger partial charge in [-0.3, -0.25) is 0 Å². The van der Waals surface area contributed by atoms with Gasteiger partial charge in [0.25, 0.3) is 0 Å². The molecular formula is C13H15ClF3NO2. The maximum absolute atomic E-state index is 12.1. The molecule has 1 aliphatic rings. The first kappa shape index (κ1) is 15.4. The average Bonchev–Trinajstić information content (AvgIpc) is 3.17. The second-order valence-electron chi connectivity index (χ2n) is 4.79. The summed E-state index contributed by atoms with van der Waals surface area (Å²) in [6, 6.07) is 5.45. The van der Waals surface area contributed by atoms with Crippen LogP contribution in [0.4, 0.5) is 13.2 Å². The van der Waals surface area contributed by atoms with Crippen LogP contribution in [0, 0.1) is 0 Å². The second-order valence-corrected chi connectivity index (χ2v) is 5.20. The maximum Gasteiger partial charge on any atom is 0.417 e. The first-order valence-corrected chi connectivity index (χ1v) is 6.63.